The Morgan fingerprint density at radius 1 is 1.07 bits per heavy atom. The molecule has 3 rings (SSSR count). The molecule has 0 aromatic heterocycles. The van der Waals surface area contributed by atoms with Crippen molar-refractivity contribution in [1.82, 2.24) is 0 Å². The summed E-state index contributed by atoms with van der Waals surface area (Å²) in [6.45, 7) is 3.36. The second kappa shape index (κ2) is 7.19. The van der Waals surface area contributed by atoms with E-state index in [0.717, 1.165) is 0 Å². The van der Waals surface area contributed by atoms with E-state index in [1.807, 2.05) is 0 Å². The monoisotopic (exact) mass is 372 g/mol. The van der Waals surface area contributed by atoms with E-state index in [-0.39, 0.29) is 12.3 Å². The van der Waals surface area contributed by atoms with Gasteiger partial charge in [-0.3, -0.25) is 9.69 Å². The highest BCUT2D eigenvalue weighted by Crippen LogP contribution is 2.35. The van der Waals surface area contributed by atoms with Gasteiger partial charge in [0.2, 0.25) is 0 Å². The number of anilines is 2. The van der Waals surface area contributed by atoms with Gasteiger partial charge in [0.05, 0.1) is 6.61 Å². The number of nitrogens with one attached hydrogen (secondary N) is 1. The topological polar surface area (TPSA) is 58.6 Å². The van der Waals surface area contributed by atoms with Gasteiger partial charge in [-0.25, -0.2) is 13.6 Å². The molecule has 0 unspecified atom stereocenters. The highest BCUT2D eigenvalue weighted by molar-refractivity contribution is 6.16. The van der Waals surface area contributed by atoms with Crippen LogP contribution in [0.4, 0.5) is 20.2 Å². The molecule has 1 aliphatic heterocycles. The third kappa shape index (κ3) is 3.53. The minimum absolute atomic E-state index is 0.140. The van der Waals surface area contributed by atoms with Gasteiger partial charge in [0, 0.05) is 11.4 Å². The van der Waals surface area contributed by atoms with Gasteiger partial charge in [0.25, 0.3) is 5.91 Å². The number of carbonyl (C=O) groups is 2. The van der Waals surface area contributed by atoms with Crippen LogP contribution in [0, 0.1) is 11.6 Å². The molecule has 5 nitrogen and oxygen atoms in total. The Balaban J connectivity index is 1.99. The number of nitrogens with zero attached hydrogens (tertiary/aromatic N) is 1. The van der Waals surface area contributed by atoms with E-state index in [9.17, 15) is 18.4 Å². The number of esters is 1. The van der Waals surface area contributed by atoms with Crippen molar-refractivity contribution < 1.29 is 23.1 Å². The average Bonchev–Trinajstić information content (AvgIpc) is 2.90. The van der Waals surface area contributed by atoms with Gasteiger partial charge in [0.1, 0.15) is 17.3 Å². The summed E-state index contributed by atoms with van der Waals surface area (Å²) in [5.41, 5.74) is -0.429. The lowest BCUT2D eigenvalue weighted by Crippen LogP contribution is -2.51. The van der Waals surface area contributed by atoms with Crippen LogP contribution >= 0.6 is 0 Å². The second-order valence-electron chi connectivity index (χ2n) is 6.17. The van der Waals surface area contributed by atoms with Crippen LogP contribution in [0.25, 0.3) is 0 Å². The smallest absolute Gasteiger partial charge is 0.336 e. The van der Waals surface area contributed by atoms with Crippen LogP contribution in [0.2, 0.25) is 0 Å². The molecule has 1 aliphatic rings. The maximum atomic E-state index is 13.3. The van der Waals surface area contributed by atoms with Crippen molar-refractivity contribution in [3.63, 3.8) is 0 Å². The van der Waals surface area contributed by atoms with Crippen LogP contribution in [0.3, 0.4) is 0 Å². The number of halogens is 2. The molecule has 1 N–H and O–H groups in total. The molecule has 0 radical (unpaired) electrons. The number of amides is 1. The van der Waals surface area contributed by atoms with E-state index in [2.05, 4.69) is 5.32 Å². The van der Waals surface area contributed by atoms with Crippen molar-refractivity contribution in [2.24, 2.45) is 0 Å². The fourth-order valence-corrected chi connectivity index (χ4v) is 2.92. The fourth-order valence-electron chi connectivity index (χ4n) is 2.92. The SMILES string of the molecule is CCOC(=O)[C@@]1(C)C=C(Nc2ccc(F)cc2)C(=O)N1c1ccc(F)cc1. The first-order valence-electron chi connectivity index (χ1n) is 8.38. The summed E-state index contributed by atoms with van der Waals surface area (Å²) in [6, 6.07) is 10.7. The van der Waals surface area contributed by atoms with Gasteiger partial charge in [0.15, 0.2) is 5.54 Å². The molecule has 7 heteroatoms. The van der Waals surface area contributed by atoms with Crippen LogP contribution in [-0.4, -0.2) is 24.0 Å². The Labute approximate surface area is 155 Å². The first-order chi connectivity index (χ1) is 12.8. The Morgan fingerprint density at radius 3 is 2.19 bits per heavy atom. The Bertz CT molecular complexity index is 894. The molecular weight excluding hydrogens is 354 g/mol. The molecule has 0 saturated carbocycles. The van der Waals surface area contributed by atoms with E-state index in [1.165, 1.54) is 59.5 Å². The maximum absolute atomic E-state index is 13.3. The van der Waals surface area contributed by atoms with Crippen molar-refractivity contribution in [2.45, 2.75) is 19.4 Å². The normalized spacial score (nSPS) is 19.0. The van der Waals surface area contributed by atoms with E-state index in [1.54, 1.807) is 13.8 Å². The Hall–Kier alpha value is -3.22. The summed E-state index contributed by atoms with van der Waals surface area (Å²) in [4.78, 5) is 26.8. The molecular formula is C20H18F2N2O3. The molecule has 2 aromatic rings. The Morgan fingerprint density at radius 2 is 1.63 bits per heavy atom. The van der Waals surface area contributed by atoms with Crippen molar-refractivity contribution in [2.75, 3.05) is 16.8 Å². The van der Waals surface area contributed by atoms with Gasteiger partial charge >= 0.3 is 5.97 Å². The molecule has 1 amide bonds. The molecule has 0 aliphatic carbocycles. The Kier molecular flexibility index (Phi) is 4.94. The van der Waals surface area contributed by atoms with Gasteiger partial charge in [-0.2, -0.15) is 0 Å². The van der Waals surface area contributed by atoms with Crippen molar-refractivity contribution >= 4 is 23.3 Å². The first kappa shape index (κ1) is 18.6. The van der Waals surface area contributed by atoms with Gasteiger partial charge in [-0.05, 0) is 68.5 Å². The van der Waals surface area contributed by atoms with Gasteiger partial charge < -0.3 is 10.1 Å². The van der Waals surface area contributed by atoms with Crippen LogP contribution < -0.4 is 10.2 Å². The molecule has 0 spiro atoms. The van der Waals surface area contributed by atoms with Gasteiger partial charge in [-0.15, -0.1) is 0 Å². The zero-order valence-electron chi connectivity index (χ0n) is 14.8. The zero-order chi connectivity index (χ0) is 19.6. The summed E-state index contributed by atoms with van der Waals surface area (Å²) in [7, 11) is 0. The number of benzene rings is 2. The quantitative estimate of drug-likeness (QED) is 0.815. The minimum Gasteiger partial charge on any atom is -0.464 e. The summed E-state index contributed by atoms with van der Waals surface area (Å²) in [6.07, 6.45) is 1.46. The standard InChI is InChI=1S/C20H18F2N2O3/c1-3-27-19(26)20(2)12-17(23-15-8-4-13(21)5-9-15)18(25)24(20)16-10-6-14(22)7-11-16/h4-12,23H,3H2,1-2H3/t20-/m1/s1. The zero-order valence-corrected chi connectivity index (χ0v) is 14.8. The minimum atomic E-state index is -1.41. The van der Waals surface area contributed by atoms with Crippen molar-refractivity contribution in [3.8, 4) is 0 Å². The van der Waals surface area contributed by atoms with E-state index in [4.69, 9.17) is 4.74 Å². The first-order valence-corrected chi connectivity index (χ1v) is 8.38. The molecule has 27 heavy (non-hydrogen) atoms. The summed E-state index contributed by atoms with van der Waals surface area (Å²) in [5, 5.41) is 2.90. The van der Waals surface area contributed by atoms with E-state index < -0.39 is 29.0 Å². The molecule has 1 atom stereocenters. The number of carbonyl (C=O) groups excluding carboxylic acids is 2. The molecule has 0 saturated heterocycles. The second-order valence-corrected chi connectivity index (χ2v) is 6.17. The maximum Gasteiger partial charge on any atom is 0.336 e. The predicted octanol–water partition coefficient (Wildman–Crippen LogP) is 3.63. The largest absolute Gasteiger partial charge is 0.464 e. The summed E-state index contributed by atoms with van der Waals surface area (Å²) < 4.78 is 31.5. The van der Waals surface area contributed by atoms with Crippen LogP contribution in [-0.2, 0) is 14.3 Å². The van der Waals surface area contributed by atoms with Crippen LogP contribution in [0.15, 0.2) is 60.3 Å². The summed E-state index contributed by atoms with van der Waals surface area (Å²) in [5.74, 6) is -1.96. The van der Waals surface area contributed by atoms with Crippen molar-refractivity contribution in [1.29, 1.82) is 0 Å². The van der Waals surface area contributed by atoms with Crippen LogP contribution in [0.5, 0.6) is 0 Å². The van der Waals surface area contributed by atoms with E-state index >= 15 is 0 Å². The number of ether oxygens (including phenoxy) is 1. The van der Waals surface area contributed by atoms with Gasteiger partial charge in [-0.1, -0.05) is 0 Å². The number of rotatable bonds is 5. The molecule has 0 bridgehead atoms. The fraction of sp³-hybridized carbons (Fsp3) is 0.200. The third-order valence-corrected chi connectivity index (χ3v) is 4.22. The highest BCUT2D eigenvalue weighted by atomic mass is 19.1. The lowest BCUT2D eigenvalue weighted by Gasteiger charge is -2.32. The lowest BCUT2D eigenvalue weighted by molar-refractivity contribution is -0.147. The molecule has 1 heterocycles. The van der Waals surface area contributed by atoms with E-state index in [0.29, 0.717) is 11.4 Å². The lowest BCUT2D eigenvalue weighted by atomic mass is 10.0. The van der Waals surface area contributed by atoms with Crippen LogP contribution in [0.1, 0.15) is 13.8 Å². The molecule has 0 fully saturated rings. The predicted molar refractivity (Wildman–Crippen MR) is 97.0 cm³/mol. The molecule has 2 aromatic carbocycles. The highest BCUT2D eigenvalue weighted by Gasteiger charge is 2.49. The number of hydrogen-bond acceptors (Lipinski definition) is 4. The molecule has 140 valence electrons. The number of hydrogen-bond donors (Lipinski definition) is 1. The average molecular weight is 372 g/mol. The third-order valence-electron chi connectivity index (χ3n) is 4.22. The van der Waals surface area contributed by atoms with Crippen molar-refractivity contribution in [3.05, 3.63) is 71.9 Å². The summed E-state index contributed by atoms with van der Waals surface area (Å²) >= 11 is 0.